The lowest BCUT2D eigenvalue weighted by Crippen LogP contribution is -2.19. The maximum Gasteiger partial charge on any atom is 0.175 e. The van der Waals surface area contributed by atoms with E-state index in [4.69, 9.17) is 17.0 Å². The molecule has 0 aliphatic rings. The molecule has 0 unspecified atom stereocenters. The van der Waals surface area contributed by atoms with Crippen molar-refractivity contribution < 1.29 is 4.74 Å². The zero-order valence-electron chi connectivity index (χ0n) is 10.9. The van der Waals surface area contributed by atoms with E-state index in [2.05, 4.69) is 10.6 Å². The van der Waals surface area contributed by atoms with Gasteiger partial charge < -0.3 is 15.4 Å². The van der Waals surface area contributed by atoms with Crippen LogP contribution >= 0.6 is 12.2 Å². The third-order valence-corrected chi connectivity index (χ3v) is 2.92. The van der Waals surface area contributed by atoms with Gasteiger partial charge in [-0.25, -0.2) is 0 Å². The van der Waals surface area contributed by atoms with Crippen LogP contribution in [-0.4, -0.2) is 12.2 Å². The maximum atomic E-state index is 5.29. The van der Waals surface area contributed by atoms with Gasteiger partial charge in [0.25, 0.3) is 0 Å². The molecule has 0 aromatic heterocycles. The molecule has 0 bridgehead atoms. The standard InChI is InChI=1S/C15H16N2OS/c1-11-6-3-4-9-14(11)17-15(19)16-12-7-5-8-13(10-12)18-2/h3-10H,1-2H3,(H2,16,17,19). The van der Waals surface area contributed by atoms with Crippen molar-refractivity contribution in [1.29, 1.82) is 0 Å². The predicted octanol–water partition coefficient (Wildman–Crippen LogP) is 3.81. The van der Waals surface area contributed by atoms with Gasteiger partial charge in [0.15, 0.2) is 5.11 Å². The zero-order chi connectivity index (χ0) is 13.7. The van der Waals surface area contributed by atoms with Crippen molar-refractivity contribution >= 4 is 28.7 Å². The zero-order valence-corrected chi connectivity index (χ0v) is 11.8. The number of thiocarbonyl (C=S) groups is 1. The second-order valence-electron chi connectivity index (χ2n) is 4.13. The smallest absolute Gasteiger partial charge is 0.175 e. The molecule has 0 radical (unpaired) electrons. The summed E-state index contributed by atoms with van der Waals surface area (Å²) >= 11 is 5.29. The van der Waals surface area contributed by atoms with E-state index in [0.29, 0.717) is 5.11 Å². The van der Waals surface area contributed by atoms with E-state index in [1.807, 2.05) is 55.5 Å². The number of nitrogens with one attached hydrogen (secondary N) is 2. The lowest BCUT2D eigenvalue weighted by atomic mass is 10.2. The Balaban J connectivity index is 2.03. The topological polar surface area (TPSA) is 33.3 Å². The van der Waals surface area contributed by atoms with E-state index in [1.165, 1.54) is 0 Å². The van der Waals surface area contributed by atoms with Crippen LogP contribution in [0.4, 0.5) is 11.4 Å². The van der Waals surface area contributed by atoms with Gasteiger partial charge in [0.05, 0.1) is 7.11 Å². The summed E-state index contributed by atoms with van der Waals surface area (Å²) in [5.74, 6) is 0.795. The summed E-state index contributed by atoms with van der Waals surface area (Å²) in [7, 11) is 1.64. The van der Waals surface area contributed by atoms with Gasteiger partial charge in [-0.05, 0) is 42.9 Å². The molecular formula is C15H16N2OS. The Morgan fingerprint density at radius 2 is 1.84 bits per heavy atom. The minimum absolute atomic E-state index is 0.558. The summed E-state index contributed by atoms with van der Waals surface area (Å²) in [6, 6.07) is 15.6. The van der Waals surface area contributed by atoms with Crippen LogP contribution in [0.25, 0.3) is 0 Å². The Labute approximate surface area is 118 Å². The number of hydrogen-bond donors (Lipinski definition) is 2. The third kappa shape index (κ3) is 3.69. The molecule has 2 aromatic rings. The van der Waals surface area contributed by atoms with Crippen LogP contribution in [0.2, 0.25) is 0 Å². The number of ether oxygens (including phenoxy) is 1. The summed E-state index contributed by atoms with van der Waals surface area (Å²) in [6.45, 7) is 2.04. The van der Waals surface area contributed by atoms with Crippen molar-refractivity contribution in [3.05, 3.63) is 54.1 Å². The first-order chi connectivity index (χ1) is 9.19. The first-order valence-corrected chi connectivity index (χ1v) is 6.37. The second-order valence-corrected chi connectivity index (χ2v) is 4.53. The van der Waals surface area contributed by atoms with Crippen LogP contribution in [-0.2, 0) is 0 Å². The second kappa shape index (κ2) is 6.20. The van der Waals surface area contributed by atoms with Crippen LogP contribution in [0.1, 0.15) is 5.56 Å². The van der Waals surface area contributed by atoms with E-state index >= 15 is 0 Å². The molecule has 0 spiro atoms. The summed E-state index contributed by atoms with van der Waals surface area (Å²) in [6.07, 6.45) is 0. The quantitative estimate of drug-likeness (QED) is 0.832. The molecular weight excluding hydrogens is 256 g/mol. The molecule has 0 atom stereocenters. The van der Waals surface area contributed by atoms with E-state index in [9.17, 15) is 0 Å². The van der Waals surface area contributed by atoms with Gasteiger partial charge in [-0.3, -0.25) is 0 Å². The number of anilines is 2. The van der Waals surface area contributed by atoms with E-state index in [0.717, 1.165) is 22.7 Å². The highest BCUT2D eigenvalue weighted by atomic mass is 32.1. The van der Waals surface area contributed by atoms with Crippen LogP contribution in [0, 0.1) is 6.92 Å². The molecule has 0 aliphatic carbocycles. The summed E-state index contributed by atoms with van der Waals surface area (Å²) < 4.78 is 5.17. The number of aryl methyl sites for hydroxylation is 1. The third-order valence-electron chi connectivity index (χ3n) is 2.72. The van der Waals surface area contributed by atoms with Crippen LogP contribution in [0.3, 0.4) is 0 Å². The molecule has 2 rings (SSSR count). The number of benzene rings is 2. The molecule has 0 aliphatic heterocycles. The Morgan fingerprint density at radius 1 is 1.05 bits per heavy atom. The van der Waals surface area contributed by atoms with Gasteiger partial charge in [0, 0.05) is 17.4 Å². The minimum Gasteiger partial charge on any atom is -0.497 e. The van der Waals surface area contributed by atoms with Gasteiger partial charge >= 0.3 is 0 Å². The van der Waals surface area contributed by atoms with Crippen molar-refractivity contribution in [2.24, 2.45) is 0 Å². The molecule has 3 nitrogen and oxygen atoms in total. The lowest BCUT2D eigenvalue weighted by Gasteiger charge is -2.12. The van der Waals surface area contributed by atoms with E-state index in [-0.39, 0.29) is 0 Å². The first-order valence-electron chi connectivity index (χ1n) is 5.97. The minimum atomic E-state index is 0.558. The highest BCUT2D eigenvalue weighted by molar-refractivity contribution is 7.80. The fourth-order valence-electron chi connectivity index (χ4n) is 1.70. The van der Waals surface area contributed by atoms with Gasteiger partial charge in [-0.1, -0.05) is 24.3 Å². The molecule has 19 heavy (non-hydrogen) atoms. The largest absolute Gasteiger partial charge is 0.497 e. The van der Waals surface area contributed by atoms with Crippen LogP contribution in [0.5, 0.6) is 5.75 Å². The van der Waals surface area contributed by atoms with Crippen molar-refractivity contribution in [3.8, 4) is 5.75 Å². The van der Waals surface area contributed by atoms with Crippen molar-refractivity contribution in [3.63, 3.8) is 0 Å². The molecule has 0 fully saturated rings. The SMILES string of the molecule is COc1cccc(NC(=S)Nc2ccccc2C)c1. The molecule has 2 aromatic carbocycles. The Kier molecular flexibility index (Phi) is 4.36. The van der Waals surface area contributed by atoms with Crippen LogP contribution in [0.15, 0.2) is 48.5 Å². The molecule has 4 heteroatoms. The van der Waals surface area contributed by atoms with E-state index in [1.54, 1.807) is 7.11 Å². The highest BCUT2D eigenvalue weighted by Crippen LogP contribution is 2.18. The Morgan fingerprint density at radius 3 is 2.58 bits per heavy atom. The molecule has 0 heterocycles. The highest BCUT2D eigenvalue weighted by Gasteiger charge is 2.01. The fraction of sp³-hybridized carbons (Fsp3) is 0.133. The monoisotopic (exact) mass is 272 g/mol. The lowest BCUT2D eigenvalue weighted by molar-refractivity contribution is 0.415. The van der Waals surface area contributed by atoms with Crippen molar-refractivity contribution in [1.82, 2.24) is 0 Å². The van der Waals surface area contributed by atoms with Crippen molar-refractivity contribution in [2.75, 3.05) is 17.7 Å². The van der Waals surface area contributed by atoms with Crippen molar-refractivity contribution in [2.45, 2.75) is 6.92 Å². The van der Waals surface area contributed by atoms with Gasteiger partial charge in [-0.2, -0.15) is 0 Å². The van der Waals surface area contributed by atoms with Gasteiger partial charge in [-0.15, -0.1) is 0 Å². The number of para-hydroxylation sites is 1. The molecule has 2 N–H and O–H groups in total. The predicted molar refractivity (Wildman–Crippen MR) is 84.0 cm³/mol. The summed E-state index contributed by atoms with van der Waals surface area (Å²) in [5, 5.41) is 6.87. The molecule has 0 saturated heterocycles. The number of rotatable bonds is 3. The Bertz CT molecular complexity index is 584. The van der Waals surface area contributed by atoms with Gasteiger partial charge in [0.1, 0.15) is 5.75 Å². The molecule has 98 valence electrons. The average Bonchev–Trinajstić information content (AvgIpc) is 2.41. The summed E-state index contributed by atoms with van der Waals surface area (Å²) in [4.78, 5) is 0. The number of methoxy groups -OCH3 is 1. The molecule has 0 saturated carbocycles. The number of hydrogen-bond acceptors (Lipinski definition) is 2. The molecule has 0 amide bonds. The average molecular weight is 272 g/mol. The van der Waals surface area contributed by atoms with Crippen LogP contribution < -0.4 is 15.4 Å². The van der Waals surface area contributed by atoms with Gasteiger partial charge in [0.2, 0.25) is 0 Å². The first kappa shape index (κ1) is 13.4. The maximum absolute atomic E-state index is 5.29. The van der Waals surface area contributed by atoms with E-state index < -0.39 is 0 Å². The normalized spacial score (nSPS) is 9.79. The Hall–Kier alpha value is -2.07. The summed E-state index contributed by atoms with van der Waals surface area (Å²) in [5.41, 5.74) is 3.05. The fourth-order valence-corrected chi connectivity index (χ4v) is 1.93.